The second-order valence-corrected chi connectivity index (χ2v) is 11.9. The van der Waals surface area contributed by atoms with E-state index < -0.39 is 41.8 Å². The zero-order chi connectivity index (χ0) is 34.5. The first-order valence-corrected chi connectivity index (χ1v) is 16.0. The number of nitrogens with zero attached hydrogens (tertiary/aromatic N) is 1. The summed E-state index contributed by atoms with van der Waals surface area (Å²) in [6.45, 7) is 0.250. The summed E-state index contributed by atoms with van der Waals surface area (Å²) >= 11 is 0. The maximum atomic E-state index is 13.9. The van der Waals surface area contributed by atoms with Crippen molar-refractivity contribution in [1.29, 1.82) is 0 Å². The number of aliphatic imine (C=N–C) groups is 1. The van der Waals surface area contributed by atoms with Crippen LogP contribution in [0.25, 0.3) is 10.9 Å². The zero-order valence-corrected chi connectivity index (χ0v) is 26.8. The molecule has 0 saturated heterocycles. The molecule has 0 aliphatic heterocycles. The number of aromatic amines is 1. The van der Waals surface area contributed by atoms with E-state index in [4.69, 9.17) is 22.9 Å². The number of H-pyrrole nitrogens is 1. The third kappa shape index (κ3) is 10.5. The maximum absolute atomic E-state index is 13.9. The average molecular weight is 653 g/mol. The number of benzene rings is 3. The number of nitrogens with one attached hydrogen (secondary N) is 3. The number of amides is 3. The first-order chi connectivity index (χ1) is 23.1. The number of guanidine groups is 1. The highest BCUT2D eigenvalue weighted by atomic mass is 16.2. The van der Waals surface area contributed by atoms with Crippen molar-refractivity contribution < 1.29 is 19.2 Å². The average Bonchev–Trinajstić information content (AvgIpc) is 3.48. The van der Waals surface area contributed by atoms with Gasteiger partial charge in [-0.15, -0.1) is 0 Å². The summed E-state index contributed by atoms with van der Waals surface area (Å²) in [6.07, 6.45) is 2.87. The van der Waals surface area contributed by atoms with Crippen LogP contribution in [0.5, 0.6) is 0 Å². The van der Waals surface area contributed by atoms with Crippen LogP contribution in [0.15, 0.2) is 96.1 Å². The first kappa shape index (κ1) is 35.4. The smallest absolute Gasteiger partial charge is 0.240 e. The van der Waals surface area contributed by atoms with Crippen molar-refractivity contribution in [1.82, 2.24) is 15.6 Å². The normalized spacial score (nSPS) is 13.5. The van der Waals surface area contributed by atoms with E-state index in [9.17, 15) is 19.2 Å². The Morgan fingerprint density at radius 3 is 1.98 bits per heavy atom. The molecule has 0 unspecified atom stereocenters. The van der Waals surface area contributed by atoms with Crippen molar-refractivity contribution in [3.8, 4) is 0 Å². The fourth-order valence-corrected chi connectivity index (χ4v) is 5.63. The molecule has 11 N–H and O–H groups in total. The monoisotopic (exact) mass is 652 g/mol. The number of Topliss-reactive ketones (excluding diaryl/α,β-unsaturated/α-hetero) is 1. The molecule has 4 atom stereocenters. The summed E-state index contributed by atoms with van der Waals surface area (Å²) in [7, 11) is 0. The Balaban J connectivity index is 1.52. The molecule has 0 saturated carbocycles. The molecule has 4 rings (SSSR count). The Morgan fingerprint density at radius 1 is 0.729 bits per heavy atom. The van der Waals surface area contributed by atoms with E-state index in [2.05, 4.69) is 20.6 Å². The Morgan fingerprint density at radius 2 is 1.33 bits per heavy atom. The minimum Gasteiger partial charge on any atom is -0.370 e. The van der Waals surface area contributed by atoms with Crippen LogP contribution in [0.4, 0.5) is 0 Å². The Bertz CT molecular complexity index is 1700. The summed E-state index contributed by atoms with van der Waals surface area (Å²) < 4.78 is 0. The number of fused-ring (bicyclic) bond motifs is 1. The van der Waals surface area contributed by atoms with Gasteiger partial charge in [0.25, 0.3) is 0 Å². The quantitative estimate of drug-likeness (QED) is 0.0477. The summed E-state index contributed by atoms with van der Waals surface area (Å²) in [4.78, 5) is 60.7. The number of para-hydroxylation sites is 1. The predicted octanol–water partition coefficient (Wildman–Crippen LogP) is 1.61. The molecule has 0 aliphatic carbocycles. The van der Waals surface area contributed by atoms with Crippen molar-refractivity contribution in [2.45, 2.75) is 56.7 Å². The number of aromatic nitrogens is 1. The summed E-state index contributed by atoms with van der Waals surface area (Å²) in [6, 6.07) is 23.4. The summed E-state index contributed by atoms with van der Waals surface area (Å²) in [5, 5.41) is 6.52. The number of rotatable bonds is 18. The molecule has 0 fully saturated rings. The van der Waals surface area contributed by atoms with Crippen LogP contribution in [0.2, 0.25) is 0 Å². The molecule has 48 heavy (non-hydrogen) atoms. The molecule has 12 nitrogen and oxygen atoms in total. The SMILES string of the molecule is NC(=O)[C@H](Cc1c[nH]c2ccccc12)NC(=O)[C@@H](CC(=O)[C@@H](CCCN=C(N)N)NC(=O)[C@@H](N)Cc1ccccc1)Cc1ccccc1. The highest BCUT2D eigenvalue weighted by Gasteiger charge is 2.31. The highest BCUT2D eigenvalue weighted by molar-refractivity contribution is 5.95. The van der Waals surface area contributed by atoms with Gasteiger partial charge in [0.2, 0.25) is 17.7 Å². The zero-order valence-electron chi connectivity index (χ0n) is 26.8. The molecule has 252 valence electrons. The molecular weight excluding hydrogens is 608 g/mol. The molecule has 12 heteroatoms. The van der Waals surface area contributed by atoms with Crippen molar-refractivity contribution in [3.05, 3.63) is 108 Å². The van der Waals surface area contributed by atoms with Crippen LogP contribution in [-0.4, -0.2) is 59.1 Å². The van der Waals surface area contributed by atoms with Crippen LogP contribution in [-0.2, 0) is 38.4 Å². The van der Waals surface area contributed by atoms with E-state index in [1.54, 1.807) is 6.20 Å². The lowest BCUT2D eigenvalue weighted by molar-refractivity contribution is -0.133. The molecule has 3 amide bonds. The standard InChI is InChI=1S/C36H44N8O4/c37-28(19-24-12-5-2-6-13-24)35(48)43-30(16-9-17-41-36(39)40)32(45)21-25(18-23-10-3-1-4-11-23)34(47)44-31(33(38)46)20-26-22-42-29-15-8-7-14-27(26)29/h1-8,10-15,22,25,28,30-31,42H,9,16-21,37H2,(H2,38,46)(H,43,48)(H,44,47)(H4,39,40,41)/t25-,28+,30-,31+/m1/s1. The van der Waals surface area contributed by atoms with Gasteiger partial charge in [-0.3, -0.25) is 24.2 Å². The highest BCUT2D eigenvalue weighted by Crippen LogP contribution is 2.21. The van der Waals surface area contributed by atoms with Gasteiger partial charge in [0.1, 0.15) is 6.04 Å². The predicted molar refractivity (Wildman–Crippen MR) is 186 cm³/mol. The third-order valence-corrected chi connectivity index (χ3v) is 8.19. The van der Waals surface area contributed by atoms with Crippen LogP contribution in [0.3, 0.4) is 0 Å². The lowest BCUT2D eigenvalue weighted by atomic mass is 9.89. The van der Waals surface area contributed by atoms with Gasteiger partial charge in [0.15, 0.2) is 11.7 Å². The van der Waals surface area contributed by atoms with Gasteiger partial charge in [-0.25, -0.2) is 0 Å². The van der Waals surface area contributed by atoms with Gasteiger partial charge >= 0.3 is 0 Å². The van der Waals surface area contributed by atoms with Gasteiger partial charge in [0, 0.05) is 42.4 Å². The van der Waals surface area contributed by atoms with E-state index in [0.29, 0.717) is 6.42 Å². The molecule has 0 bridgehead atoms. The van der Waals surface area contributed by atoms with E-state index in [1.165, 1.54) is 0 Å². The number of carbonyl (C=O) groups excluding carboxylic acids is 4. The maximum Gasteiger partial charge on any atom is 0.240 e. The number of carbonyl (C=O) groups is 4. The fraction of sp³-hybridized carbons (Fsp3) is 0.306. The molecule has 0 radical (unpaired) electrons. The van der Waals surface area contributed by atoms with E-state index in [-0.39, 0.29) is 50.4 Å². The van der Waals surface area contributed by atoms with Gasteiger partial charge in [-0.05, 0) is 48.4 Å². The van der Waals surface area contributed by atoms with Gasteiger partial charge < -0.3 is 38.6 Å². The van der Waals surface area contributed by atoms with Crippen molar-refractivity contribution in [2.75, 3.05) is 6.54 Å². The van der Waals surface area contributed by atoms with Gasteiger partial charge in [-0.2, -0.15) is 0 Å². The minimum atomic E-state index is -1.02. The molecule has 3 aromatic carbocycles. The second-order valence-electron chi connectivity index (χ2n) is 11.9. The lowest BCUT2D eigenvalue weighted by Gasteiger charge is -2.24. The molecule has 4 aromatic rings. The number of nitrogens with two attached hydrogens (primary N) is 4. The Kier molecular flexibility index (Phi) is 12.8. The molecular formula is C36H44N8O4. The first-order valence-electron chi connectivity index (χ1n) is 16.0. The van der Waals surface area contributed by atoms with E-state index in [1.807, 2.05) is 84.9 Å². The number of hydrogen-bond acceptors (Lipinski definition) is 6. The summed E-state index contributed by atoms with van der Waals surface area (Å²) in [5.41, 5.74) is 26.3. The van der Waals surface area contributed by atoms with E-state index in [0.717, 1.165) is 27.6 Å². The fourth-order valence-electron chi connectivity index (χ4n) is 5.63. The Labute approximate surface area is 279 Å². The molecule has 0 spiro atoms. The van der Waals surface area contributed by atoms with E-state index >= 15 is 0 Å². The van der Waals surface area contributed by atoms with Crippen molar-refractivity contribution in [2.24, 2.45) is 33.8 Å². The van der Waals surface area contributed by atoms with Crippen LogP contribution in [0, 0.1) is 5.92 Å². The number of hydrogen-bond donors (Lipinski definition) is 7. The third-order valence-electron chi connectivity index (χ3n) is 8.19. The van der Waals surface area contributed by atoms with Crippen molar-refractivity contribution in [3.63, 3.8) is 0 Å². The number of ketones is 1. The molecule has 0 aliphatic rings. The second kappa shape index (κ2) is 17.4. The molecule has 1 aromatic heterocycles. The van der Waals surface area contributed by atoms with Crippen LogP contribution in [0.1, 0.15) is 36.0 Å². The number of primary amides is 1. The Hall–Kier alpha value is -5.49. The van der Waals surface area contributed by atoms with Gasteiger partial charge in [-0.1, -0.05) is 78.9 Å². The lowest BCUT2D eigenvalue weighted by Crippen LogP contribution is -2.51. The van der Waals surface area contributed by atoms with Crippen LogP contribution < -0.4 is 33.6 Å². The van der Waals surface area contributed by atoms with Gasteiger partial charge in [0.05, 0.1) is 12.1 Å². The van der Waals surface area contributed by atoms with Crippen molar-refractivity contribution >= 4 is 40.4 Å². The largest absolute Gasteiger partial charge is 0.370 e. The minimum absolute atomic E-state index is 0.0805. The van der Waals surface area contributed by atoms with Crippen LogP contribution >= 0.6 is 0 Å². The summed E-state index contributed by atoms with van der Waals surface area (Å²) in [5.74, 6) is -2.99. The topological polar surface area (TPSA) is 225 Å². The molecule has 1 heterocycles.